The van der Waals surface area contributed by atoms with Gasteiger partial charge in [-0.25, -0.2) is 0 Å². The van der Waals surface area contributed by atoms with Crippen LogP contribution in [0.15, 0.2) is 55.1 Å². The number of benzene rings is 2. The number of aromatic amines is 2. The first kappa shape index (κ1) is 17.9. The maximum atomic E-state index is 5.42. The van der Waals surface area contributed by atoms with Crippen LogP contribution < -0.4 is 15.3 Å². The molecule has 0 atom stereocenters. The number of hydrogen-bond donors (Lipinski definition) is 2. The summed E-state index contributed by atoms with van der Waals surface area (Å²) >= 11 is 0. The van der Waals surface area contributed by atoms with Crippen molar-refractivity contribution in [2.75, 3.05) is 7.11 Å². The van der Waals surface area contributed by atoms with Crippen LogP contribution in [0.1, 0.15) is 23.9 Å². The zero-order chi connectivity index (χ0) is 19.8. The quantitative estimate of drug-likeness (QED) is 0.536. The predicted octanol–water partition coefficient (Wildman–Crippen LogP) is 4.75. The third-order valence-electron chi connectivity index (χ3n) is 5.12. The third kappa shape index (κ3) is 2.95. The van der Waals surface area contributed by atoms with Crippen molar-refractivity contribution >= 4 is 29.1 Å². The van der Waals surface area contributed by atoms with Crippen LogP contribution in [0.2, 0.25) is 0 Å². The molecular weight excluding hydrogens is 344 g/mol. The SMILES string of the molecule is C=C(C)c1c(C)[nH]c(/C=c2\c(=C)[nH]c3ccc(OC)cc23)c1-c1ccccc1. The van der Waals surface area contributed by atoms with Crippen molar-refractivity contribution in [2.45, 2.75) is 13.8 Å². The molecule has 140 valence electrons. The van der Waals surface area contributed by atoms with Crippen molar-refractivity contribution in [3.8, 4) is 16.9 Å². The number of allylic oxidation sites excluding steroid dienone is 1. The summed E-state index contributed by atoms with van der Waals surface area (Å²) in [5.74, 6) is 0.828. The second-order valence-corrected chi connectivity index (χ2v) is 7.13. The highest BCUT2D eigenvalue weighted by Gasteiger charge is 2.16. The normalized spacial score (nSPS) is 11.9. The van der Waals surface area contributed by atoms with Gasteiger partial charge in [0.05, 0.1) is 7.11 Å². The molecule has 0 aliphatic carbocycles. The van der Waals surface area contributed by atoms with E-state index in [1.54, 1.807) is 7.11 Å². The minimum atomic E-state index is 0.828. The molecule has 0 saturated heterocycles. The fourth-order valence-electron chi connectivity index (χ4n) is 3.88. The van der Waals surface area contributed by atoms with Crippen LogP contribution >= 0.6 is 0 Å². The van der Waals surface area contributed by atoms with Gasteiger partial charge >= 0.3 is 0 Å². The zero-order valence-electron chi connectivity index (χ0n) is 16.5. The van der Waals surface area contributed by atoms with Gasteiger partial charge in [0, 0.05) is 44.0 Å². The Bertz CT molecular complexity index is 1290. The van der Waals surface area contributed by atoms with Crippen molar-refractivity contribution in [3.05, 3.63) is 82.6 Å². The van der Waals surface area contributed by atoms with Crippen molar-refractivity contribution in [2.24, 2.45) is 0 Å². The molecule has 2 N–H and O–H groups in total. The van der Waals surface area contributed by atoms with Crippen LogP contribution in [0.25, 0.3) is 40.3 Å². The van der Waals surface area contributed by atoms with Gasteiger partial charge in [-0.15, -0.1) is 0 Å². The summed E-state index contributed by atoms with van der Waals surface area (Å²) in [6.07, 6.45) is 2.17. The Morgan fingerprint density at radius 3 is 2.50 bits per heavy atom. The Labute approximate surface area is 164 Å². The summed E-state index contributed by atoms with van der Waals surface area (Å²) in [4.78, 5) is 6.94. The lowest BCUT2D eigenvalue weighted by Gasteiger charge is -2.06. The highest BCUT2D eigenvalue weighted by molar-refractivity contribution is 5.89. The Morgan fingerprint density at radius 1 is 1.07 bits per heavy atom. The summed E-state index contributed by atoms with van der Waals surface area (Å²) in [6, 6.07) is 16.5. The molecule has 3 heteroatoms. The number of H-pyrrole nitrogens is 2. The van der Waals surface area contributed by atoms with Crippen LogP contribution in [0, 0.1) is 6.92 Å². The molecule has 0 spiro atoms. The van der Waals surface area contributed by atoms with Gasteiger partial charge in [0.25, 0.3) is 0 Å². The van der Waals surface area contributed by atoms with E-state index in [0.717, 1.165) is 44.2 Å². The molecular formula is C25H24N2O. The molecule has 2 aromatic heterocycles. The van der Waals surface area contributed by atoms with E-state index >= 15 is 0 Å². The number of nitrogens with one attached hydrogen (secondary N) is 2. The number of aromatic nitrogens is 2. The van der Waals surface area contributed by atoms with Gasteiger partial charge in [0.2, 0.25) is 0 Å². The van der Waals surface area contributed by atoms with Crippen molar-refractivity contribution < 1.29 is 4.74 Å². The smallest absolute Gasteiger partial charge is 0.119 e. The maximum Gasteiger partial charge on any atom is 0.119 e. The first-order chi connectivity index (χ1) is 13.5. The molecule has 0 bridgehead atoms. The van der Waals surface area contributed by atoms with Crippen LogP contribution in [-0.2, 0) is 0 Å². The average Bonchev–Trinajstić information content (AvgIpc) is 3.18. The third-order valence-corrected chi connectivity index (χ3v) is 5.12. The standard InChI is InChI=1S/C25H24N2O/c1-15(2)24-17(4)27-23(25(24)18-9-7-6-8-10-18)14-20-16(3)26-22-12-11-19(28-5)13-21(20)22/h6-14,26-27H,1,3H2,2,4-5H3/b20-14+. The molecule has 0 unspecified atom stereocenters. The Kier molecular flexibility index (Phi) is 4.44. The minimum absolute atomic E-state index is 0.828. The maximum absolute atomic E-state index is 5.42. The van der Waals surface area contributed by atoms with Gasteiger partial charge < -0.3 is 14.7 Å². The zero-order valence-corrected chi connectivity index (χ0v) is 16.5. The summed E-state index contributed by atoms with van der Waals surface area (Å²) in [5, 5.41) is 3.03. The van der Waals surface area contributed by atoms with Crippen LogP contribution in [0.3, 0.4) is 0 Å². The molecule has 0 amide bonds. The molecule has 2 aromatic carbocycles. The highest BCUT2D eigenvalue weighted by atomic mass is 16.5. The van der Waals surface area contributed by atoms with Gasteiger partial charge in [-0.2, -0.15) is 0 Å². The van der Waals surface area contributed by atoms with Crippen LogP contribution in [0.4, 0.5) is 0 Å². The Balaban J connectivity index is 2.06. The number of fused-ring (bicyclic) bond motifs is 1. The van der Waals surface area contributed by atoms with E-state index in [2.05, 4.69) is 67.3 Å². The molecule has 0 aliphatic heterocycles. The number of aryl methyl sites for hydroxylation is 1. The molecule has 0 radical (unpaired) electrons. The van der Waals surface area contributed by atoms with Crippen LogP contribution in [-0.4, -0.2) is 17.1 Å². The summed E-state index contributed by atoms with van der Waals surface area (Å²) in [6.45, 7) is 12.6. The first-order valence-electron chi connectivity index (χ1n) is 9.30. The van der Waals surface area contributed by atoms with Crippen molar-refractivity contribution in [1.29, 1.82) is 0 Å². The fourth-order valence-corrected chi connectivity index (χ4v) is 3.88. The molecule has 0 aliphatic rings. The summed E-state index contributed by atoms with van der Waals surface area (Å²) in [7, 11) is 1.68. The first-order valence-corrected chi connectivity index (χ1v) is 9.30. The number of methoxy groups -OCH3 is 1. The number of rotatable bonds is 4. The van der Waals surface area contributed by atoms with Gasteiger partial charge in [-0.3, -0.25) is 0 Å². The fraction of sp³-hybridized carbons (Fsp3) is 0.120. The molecule has 4 aromatic rings. The van der Waals surface area contributed by atoms with E-state index in [-0.39, 0.29) is 0 Å². The van der Waals surface area contributed by atoms with E-state index in [1.165, 1.54) is 16.7 Å². The molecule has 4 rings (SSSR count). The number of ether oxygens (including phenoxy) is 1. The lowest BCUT2D eigenvalue weighted by Crippen LogP contribution is -2.20. The number of hydrogen-bond acceptors (Lipinski definition) is 1. The van der Waals surface area contributed by atoms with E-state index < -0.39 is 0 Å². The Morgan fingerprint density at radius 2 is 1.82 bits per heavy atom. The van der Waals surface area contributed by atoms with Gasteiger partial charge in [0.15, 0.2) is 0 Å². The minimum Gasteiger partial charge on any atom is -0.497 e. The molecule has 0 fully saturated rings. The lowest BCUT2D eigenvalue weighted by atomic mass is 9.96. The van der Waals surface area contributed by atoms with Gasteiger partial charge in [0.1, 0.15) is 5.75 Å². The average molecular weight is 368 g/mol. The highest BCUT2D eigenvalue weighted by Crippen LogP contribution is 2.34. The van der Waals surface area contributed by atoms with E-state index in [4.69, 9.17) is 4.74 Å². The second-order valence-electron chi connectivity index (χ2n) is 7.13. The molecule has 3 nitrogen and oxygen atoms in total. The van der Waals surface area contributed by atoms with E-state index in [1.807, 2.05) is 24.3 Å². The van der Waals surface area contributed by atoms with E-state index in [9.17, 15) is 0 Å². The monoisotopic (exact) mass is 368 g/mol. The van der Waals surface area contributed by atoms with Gasteiger partial charge in [-0.1, -0.05) is 43.5 Å². The van der Waals surface area contributed by atoms with Crippen molar-refractivity contribution in [3.63, 3.8) is 0 Å². The lowest BCUT2D eigenvalue weighted by molar-refractivity contribution is 0.415. The van der Waals surface area contributed by atoms with Gasteiger partial charge in [-0.05, 0) is 49.3 Å². The second kappa shape index (κ2) is 6.93. The molecule has 2 heterocycles. The largest absolute Gasteiger partial charge is 0.497 e. The molecule has 28 heavy (non-hydrogen) atoms. The summed E-state index contributed by atoms with van der Waals surface area (Å²) in [5.41, 5.74) is 7.75. The Hall–Kier alpha value is -3.46. The predicted molar refractivity (Wildman–Crippen MR) is 119 cm³/mol. The topological polar surface area (TPSA) is 40.8 Å². The summed E-state index contributed by atoms with van der Waals surface area (Å²) < 4.78 is 5.42. The van der Waals surface area contributed by atoms with Crippen LogP contribution in [0.5, 0.6) is 5.75 Å². The van der Waals surface area contributed by atoms with E-state index in [0.29, 0.717) is 0 Å². The van der Waals surface area contributed by atoms with Crippen molar-refractivity contribution in [1.82, 2.24) is 9.97 Å². The molecule has 0 saturated carbocycles.